The molecule has 3 N–H and O–H groups in total. The van der Waals surface area contributed by atoms with Gasteiger partial charge in [0.05, 0.1) is 23.0 Å². The van der Waals surface area contributed by atoms with Gasteiger partial charge < -0.3 is 15.4 Å². The Hall–Kier alpha value is -4.75. The van der Waals surface area contributed by atoms with Crippen molar-refractivity contribution in [3.8, 4) is 5.88 Å². The Labute approximate surface area is 257 Å². The second-order valence-electron chi connectivity index (χ2n) is 11.7. The van der Waals surface area contributed by atoms with Crippen LogP contribution < -0.4 is 5.32 Å². The maximum atomic E-state index is 14.0. The van der Waals surface area contributed by atoms with Crippen molar-refractivity contribution in [1.29, 1.82) is 0 Å². The second-order valence-corrected chi connectivity index (χ2v) is 11.7. The van der Waals surface area contributed by atoms with Crippen LogP contribution in [0.25, 0.3) is 10.9 Å². The molecule has 1 aliphatic rings. The van der Waals surface area contributed by atoms with Crippen LogP contribution in [-0.2, 0) is 6.54 Å². The Balaban J connectivity index is 1.37. The molecule has 0 spiro atoms. The highest BCUT2D eigenvalue weighted by Crippen LogP contribution is 2.33. The minimum atomic E-state index is -0.360. The number of nitrogens with zero attached hydrogens (tertiary/aromatic N) is 2. The van der Waals surface area contributed by atoms with Crippen molar-refractivity contribution >= 4 is 28.2 Å². The summed E-state index contributed by atoms with van der Waals surface area (Å²) < 4.78 is 14.0. The molecular weight excluding hydrogens is 551 g/mol. The van der Waals surface area contributed by atoms with E-state index in [-0.39, 0.29) is 23.6 Å². The Bertz CT molecular complexity index is 1800. The van der Waals surface area contributed by atoms with E-state index in [0.717, 1.165) is 42.0 Å². The lowest BCUT2D eigenvalue weighted by atomic mass is 9.99. The average Bonchev–Trinajstić information content (AvgIpc) is 3.36. The topological polar surface area (TPSA) is 80.7 Å². The van der Waals surface area contributed by atoms with Crippen molar-refractivity contribution in [3.63, 3.8) is 0 Å². The van der Waals surface area contributed by atoms with Crippen LogP contribution in [0.2, 0.25) is 0 Å². The van der Waals surface area contributed by atoms with Crippen LogP contribution in [0.5, 0.6) is 5.88 Å². The highest BCUT2D eigenvalue weighted by Gasteiger charge is 2.21. The maximum absolute atomic E-state index is 14.0. The van der Waals surface area contributed by atoms with Crippen molar-refractivity contribution in [1.82, 2.24) is 15.2 Å². The molecule has 44 heavy (non-hydrogen) atoms. The standard InChI is InChI=1S/C37H37FN4O2/c1-24-9-11-27(12-10-24)25(2)39-36(43)29-15-18-33-32(22-29)34(37(44)41-33)35(28-13-16-30(38)17-14-28)40-31-8-6-7-26(21-31)23-42-19-4-3-5-20-42/h6-18,21-22,25,41,44H,3-5,19-20,23H2,1-2H3,(H,39,43)/t25-/m1/s1. The first-order chi connectivity index (χ1) is 21.3. The second kappa shape index (κ2) is 12.9. The largest absolute Gasteiger partial charge is 0.494 e. The van der Waals surface area contributed by atoms with E-state index in [9.17, 15) is 14.3 Å². The summed E-state index contributed by atoms with van der Waals surface area (Å²) in [5.41, 5.74) is 6.76. The number of halogens is 1. The van der Waals surface area contributed by atoms with Crippen LogP contribution in [-0.4, -0.2) is 39.7 Å². The third-order valence-electron chi connectivity index (χ3n) is 8.33. The summed E-state index contributed by atoms with van der Waals surface area (Å²) in [5, 5.41) is 14.9. The summed E-state index contributed by atoms with van der Waals surface area (Å²) >= 11 is 0. The molecule has 1 saturated heterocycles. The van der Waals surface area contributed by atoms with Gasteiger partial charge in [0.2, 0.25) is 0 Å². The van der Waals surface area contributed by atoms with Gasteiger partial charge in [-0.3, -0.25) is 9.69 Å². The number of fused-ring (bicyclic) bond motifs is 1. The number of carbonyl (C=O) groups is 1. The summed E-state index contributed by atoms with van der Waals surface area (Å²) in [6.45, 7) is 7.02. The summed E-state index contributed by atoms with van der Waals surface area (Å²) in [6, 6.07) is 27.4. The highest BCUT2D eigenvalue weighted by atomic mass is 19.1. The first kappa shape index (κ1) is 29.3. The van der Waals surface area contributed by atoms with E-state index in [0.29, 0.717) is 33.3 Å². The zero-order chi connectivity index (χ0) is 30.6. The van der Waals surface area contributed by atoms with E-state index in [4.69, 9.17) is 4.99 Å². The molecule has 1 fully saturated rings. The number of aromatic hydroxyl groups is 1. The monoisotopic (exact) mass is 588 g/mol. The molecule has 1 aromatic heterocycles. The van der Waals surface area contributed by atoms with Gasteiger partial charge in [0.1, 0.15) is 5.82 Å². The lowest BCUT2D eigenvalue weighted by molar-refractivity contribution is 0.0940. The van der Waals surface area contributed by atoms with Crippen molar-refractivity contribution < 1.29 is 14.3 Å². The quantitative estimate of drug-likeness (QED) is 0.161. The van der Waals surface area contributed by atoms with Crippen molar-refractivity contribution in [2.45, 2.75) is 45.7 Å². The smallest absolute Gasteiger partial charge is 0.251 e. The average molecular weight is 589 g/mol. The van der Waals surface area contributed by atoms with Gasteiger partial charge in [-0.05, 0) is 106 Å². The molecule has 0 radical (unpaired) electrons. The summed E-state index contributed by atoms with van der Waals surface area (Å²) in [4.78, 5) is 23.9. The van der Waals surface area contributed by atoms with Gasteiger partial charge in [-0.2, -0.15) is 0 Å². The molecule has 0 aliphatic carbocycles. The molecule has 0 unspecified atom stereocenters. The van der Waals surface area contributed by atoms with Crippen LogP contribution in [0.15, 0.2) is 96.0 Å². The normalized spacial score (nSPS) is 14.9. The minimum absolute atomic E-state index is 0.0712. The molecule has 6 rings (SSSR count). The molecule has 4 aromatic carbocycles. The number of benzene rings is 4. The lowest BCUT2D eigenvalue weighted by Gasteiger charge is -2.26. The van der Waals surface area contributed by atoms with Crippen molar-refractivity contribution in [2.75, 3.05) is 13.1 Å². The molecular formula is C37H37FN4O2. The molecule has 1 atom stereocenters. The molecule has 0 bridgehead atoms. The minimum Gasteiger partial charge on any atom is -0.494 e. The zero-order valence-corrected chi connectivity index (χ0v) is 25.1. The van der Waals surface area contributed by atoms with E-state index < -0.39 is 0 Å². The first-order valence-corrected chi connectivity index (χ1v) is 15.2. The Morgan fingerprint density at radius 3 is 2.43 bits per heavy atom. The molecule has 6 nitrogen and oxygen atoms in total. The van der Waals surface area contributed by atoms with Crippen LogP contribution >= 0.6 is 0 Å². The van der Waals surface area contributed by atoms with Gasteiger partial charge in [-0.25, -0.2) is 9.38 Å². The first-order valence-electron chi connectivity index (χ1n) is 15.2. The van der Waals surface area contributed by atoms with Gasteiger partial charge in [-0.1, -0.05) is 48.4 Å². The summed E-state index contributed by atoms with van der Waals surface area (Å²) in [6.07, 6.45) is 3.72. The van der Waals surface area contributed by atoms with Gasteiger partial charge in [0, 0.05) is 28.6 Å². The SMILES string of the molecule is Cc1ccc([C@@H](C)NC(=O)c2ccc3[nH]c(O)c(C(=Nc4cccc(CN5CCCCC5)c4)c4ccc(F)cc4)c3c2)cc1. The number of piperidine rings is 1. The number of nitrogens with one attached hydrogen (secondary N) is 2. The number of hydrogen-bond donors (Lipinski definition) is 3. The van der Waals surface area contributed by atoms with Crippen LogP contribution in [0.3, 0.4) is 0 Å². The predicted octanol–water partition coefficient (Wildman–Crippen LogP) is 7.97. The Kier molecular flexibility index (Phi) is 8.57. The third-order valence-corrected chi connectivity index (χ3v) is 8.33. The number of likely N-dealkylation sites (tertiary alicyclic amines) is 1. The fourth-order valence-corrected chi connectivity index (χ4v) is 5.88. The van der Waals surface area contributed by atoms with Crippen LogP contribution in [0.1, 0.15) is 70.4 Å². The van der Waals surface area contributed by atoms with E-state index in [1.165, 1.54) is 31.4 Å². The fraction of sp³-hybridized carbons (Fsp3) is 0.243. The molecule has 1 aliphatic heterocycles. The highest BCUT2D eigenvalue weighted by molar-refractivity contribution is 6.22. The number of H-pyrrole nitrogens is 1. The Morgan fingerprint density at radius 2 is 1.68 bits per heavy atom. The summed E-state index contributed by atoms with van der Waals surface area (Å²) in [5.74, 6) is -0.656. The number of rotatable bonds is 8. The number of aliphatic imine (C=N–C) groups is 1. The van der Waals surface area contributed by atoms with Crippen molar-refractivity contribution in [3.05, 3.63) is 130 Å². The number of aryl methyl sites for hydroxylation is 1. The Morgan fingerprint density at radius 1 is 0.955 bits per heavy atom. The van der Waals surface area contributed by atoms with Crippen LogP contribution in [0.4, 0.5) is 10.1 Å². The van der Waals surface area contributed by atoms with Crippen molar-refractivity contribution in [2.24, 2.45) is 4.99 Å². The molecule has 5 aromatic rings. The number of aromatic nitrogens is 1. The third kappa shape index (κ3) is 6.58. The van der Waals surface area contributed by atoms with E-state index in [2.05, 4.69) is 27.3 Å². The molecule has 224 valence electrons. The van der Waals surface area contributed by atoms with Gasteiger partial charge in [-0.15, -0.1) is 0 Å². The molecule has 7 heteroatoms. The van der Waals surface area contributed by atoms with Gasteiger partial charge in [0.15, 0.2) is 5.88 Å². The van der Waals surface area contributed by atoms with Crippen LogP contribution in [0, 0.1) is 12.7 Å². The van der Waals surface area contributed by atoms with Gasteiger partial charge in [0.25, 0.3) is 5.91 Å². The lowest BCUT2D eigenvalue weighted by Crippen LogP contribution is -2.28. The number of amides is 1. The summed E-state index contributed by atoms with van der Waals surface area (Å²) in [7, 11) is 0. The molecule has 2 heterocycles. The maximum Gasteiger partial charge on any atom is 0.251 e. The fourth-order valence-electron chi connectivity index (χ4n) is 5.88. The number of hydrogen-bond acceptors (Lipinski definition) is 4. The zero-order valence-electron chi connectivity index (χ0n) is 25.1. The van der Waals surface area contributed by atoms with Gasteiger partial charge >= 0.3 is 0 Å². The molecule has 1 amide bonds. The predicted molar refractivity (Wildman–Crippen MR) is 174 cm³/mol. The number of aromatic amines is 1. The van der Waals surface area contributed by atoms with E-state index >= 15 is 0 Å². The van der Waals surface area contributed by atoms with E-state index in [1.807, 2.05) is 50.2 Å². The van der Waals surface area contributed by atoms with E-state index in [1.54, 1.807) is 30.3 Å². The number of carbonyl (C=O) groups excluding carboxylic acids is 1. The molecule has 0 saturated carbocycles.